The smallest absolute Gasteiger partial charge is 0.232 e. The molecule has 0 unspecified atom stereocenters. The van der Waals surface area contributed by atoms with Gasteiger partial charge in [0.15, 0.2) is 0 Å². The quantitative estimate of drug-likeness (QED) is 0.777. The van der Waals surface area contributed by atoms with Gasteiger partial charge in [-0.05, 0) is 55.5 Å². The first-order valence-corrected chi connectivity index (χ1v) is 9.67. The van der Waals surface area contributed by atoms with Gasteiger partial charge in [0.25, 0.3) is 0 Å². The largest absolute Gasteiger partial charge is 0.382 e. The van der Waals surface area contributed by atoms with Gasteiger partial charge in [-0.2, -0.15) is 0 Å². The molecule has 0 spiro atoms. The molecule has 1 saturated carbocycles. The van der Waals surface area contributed by atoms with Crippen LogP contribution in [0.1, 0.15) is 24.8 Å². The number of hydrogen-bond donors (Lipinski definition) is 2. The monoisotopic (exact) mass is 330 g/mol. The molecule has 23 heavy (non-hydrogen) atoms. The molecule has 0 saturated heterocycles. The van der Waals surface area contributed by atoms with Crippen molar-refractivity contribution in [3.63, 3.8) is 0 Å². The fourth-order valence-electron chi connectivity index (χ4n) is 2.44. The van der Waals surface area contributed by atoms with Crippen molar-refractivity contribution >= 4 is 21.4 Å². The van der Waals surface area contributed by atoms with Crippen LogP contribution in [0.4, 0.5) is 11.4 Å². The Labute approximate surface area is 138 Å². The third kappa shape index (κ3) is 5.28. The van der Waals surface area contributed by atoms with Gasteiger partial charge in [0.2, 0.25) is 10.0 Å². The molecule has 0 radical (unpaired) electrons. The Kier molecular flexibility index (Phi) is 4.86. The van der Waals surface area contributed by atoms with E-state index in [-0.39, 0.29) is 5.75 Å². The third-order valence-electron chi connectivity index (χ3n) is 3.83. The zero-order chi connectivity index (χ0) is 16.1. The van der Waals surface area contributed by atoms with Crippen LogP contribution in [0.2, 0.25) is 0 Å². The van der Waals surface area contributed by atoms with Gasteiger partial charge in [0.05, 0.1) is 5.75 Å². The SMILES string of the molecule is O=S(=O)(CCCc1ccccc1)Nc1ccc(NC2CC2)cc1. The summed E-state index contributed by atoms with van der Waals surface area (Å²) in [7, 11) is -3.30. The van der Waals surface area contributed by atoms with Crippen molar-refractivity contribution in [2.24, 2.45) is 0 Å². The summed E-state index contributed by atoms with van der Waals surface area (Å²) in [5, 5.41) is 3.38. The fraction of sp³-hybridized carbons (Fsp3) is 0.333. The summed E-state index contributed by atoms with van der Waals surface area (Å²) in [6, 6.07) is 18.0. The van der Waals surface area contributed by atoms with Gasteiger partial charge in [-0.25, -0.2) is 8.42 Å². The Bertz CT molecular complexity index is 723. The Hall–Kier alpha value is -2.01. The summed E-state index contributed by atoms with van der Waals surface area (Å²) in [6.45, 7) is 0. The van der Waals surface area contributed by atoms with Crippen LogP contribution in [0.3, 0.4) is 0 Å². The van der Waals surface area contributed by atoms with Crippen molar-refractivity contribution in [1.29, 1.82) is 0 Å². The Morgan fingerprint density at radius 1 is 0.913 bits per heavy atom. The number of benzene rings is 2. The molecule has 3 rings (SSSR count). The molecule has 0 atom stereocenters. The van der Waals surface area contributed by atoms with E-state index in [9.17, 15) is 8.42 Å². The molecule has 4 nitrogen and oxygen atoms in total. The van der Waals surface area contributed by atoms with Gasteiger partial charge in [-0.1, -0.05) is 30.3 Å². The van der Waals surface area contributed by atoms with Gasteiger partial charge in [0, 0.05) is 17.4 Å². The van der Waals surface area contributed by atoms with Crippen LogP contribution in [-0.2, 0) is 16.4 Å². The molecule has 1 fully saturated rings. The van der Waals surface area contributed by atoms with E-state index < -0.39 is 10.0 Å². The lowest BCUT2D eigenvalue weighted by molar-refractivity contribution is 0.598. The highest BCUT2D eigenvalue weighted by Gasteiger charge is 2.20. The maximum atomic E-state index is 12.1. The first-order chi connectivity index (χ1) is 11.1. The lowest BCUT2D eigenvalue weighted by atomic mass is 10.1. The number of sulfonamides is 1. The Balaban J connectivity index is 1.49. The summed E-state index contributed by atoms with van der Waals surface area (Å²) in [4.78, 5) is 0. The van der Waals surface area contributed by atoms with Crippen LogP contribution < -0.4 is 10.0 Å². The number of nitrogens with one attached hydrogen (secondary N) is 2. The lowest BCUT2D eigenvalue weighted by Crippen LogP contribution is -2.17. The molecule has 5 heteroatoms. The van der Waals surface area contributed by atoms with Crippen molar-refractivity contribution < 1.29 is 8.42 Å². The van der Waals surface area contributed by atoms with E-state index in [1.54, 1.807) is 12.1 Å². The first kappa shape index (κ1) is 15.9. The second-order valence-electron chi connectivity index (χ2n) is 6.01. The van der Waals surface area contributed by atoms with Crippen LogP contribution in [-0.4, -0.2) is 20.2 Å². The molecule has 0 aromatic heterocycles. The molecular weight excluding hydrogens is 308 g/mol. The minimum atomic E-state index is -3.30. The van der Waals surface area contributed by atoms with Crippen molar-refractivity contribution in [3.8, 4) is 0 Å². The molecule has 2 N–H and O–H groups in total. The van der Waals surface area contributed by atoms with Crippen molar-refractivity contribution in [3.05, 3.63) is 60.2 Å². The summed E-state index contributed by atoms with van der Waals surface area (Å²) in [6.07, 6.45) is 3.82. The predicted octanol–water partition coefficient (Wildman–Crippen LogP) is 3.64. The molecule has 0 amide bonds. The van der Waals surface area contributed by atoms with E-state index >= 15 is 0 Å². The average molecular weight is 330 g/mol. The number of anilines is 2. The van der Waals surface area contributed by atoms with Gasteiger partial charge in [0.1, 0.15) is 0 Å². The number of rotatable bonds is 8. The summed E-state index contributed by atoms with van der Waals surface area (Å²) >= 11 is 0. The molecular formula is C18H22N2O2S. The molecule has 1 aliphatic rings. The minimum Gasteiger partial charge on any atom is -0.382 e. The molecule has 0 heterocycles. The molecule has 2 aromatic carbocycles. The van der Waals surface area contributed by atoms with Crippen molar-refractivity contribution in [2.45, 2.75) is 31.7 Å². The van der Waals surface area contributed by atoms with E-state index in [0.717, 1.165) is 12.1 Å². The van der Waals surface area contributed by atoms with Crippen LogP contribution >= 0.6 is 0 Å². The Morgan fingerprint density at radius 3 is 2.22 bits per heavy atom. The standard InChI is InChI=1S/C18H22N2O2S/c21-23(22,14-4-7-15-5-2-1-3-6-15)20-18-12-10-17(11-13-18)19-16-8-9-16/h1-3,5-6,10-13,16,19-20H,4,7-9,14H2. The first-order valence-electron chi connectivity index (χ1n) is 8.02. The van der Waals surface area contributed by atoms with Crippen LogP contribution in [0.15, 0.2) is 54.6 Å². The summed E-state index contributed by atoms with van der Waals surface area (Å²) in [5.41, 5.74) is 2.82. The highest BCUT2D eigenvalue weighted by Crippen LogP contribution is 2.25. The highest BCUT2D eigenvalue weighted by atomic mass is 32.2. The zero-order valence-corrected chi connectivity index (χ0v) is 13.9. The predicted molar refractivity (Wildman–Crippen MR) is 95.3 cm³/mol. The number of aryl methyl sites for hydroxylation is 1. The lowest BCUT2D eigenvalue weighted by Gasteiger charge is -2.09. The van der Waals surface area contributed by atoms with E-state index in [1.807, 2.05) is 42.5 Å². The van der Waals surface area contributed by atoms with E-state index in [1.165, 1.54) is 18.4 Å². The third-order valence-corrected chi connectivity index (χ3v) is 5.20. The van der Waals surface area contributed by atoms with Gasteiger partial charge >= 0.3 is 0 Å². The second kappa shape index (κ2) is 7.04. The minimum absolute atomic E-state index is 0.129. The molecule has 0 bridgehead atoms. The second-order valence-corrected chi connectivity index (χ2v) is 7.85. The van der Waals surface area contributed by atoms with Crippen molar-refractivity contribution in [2.75, 3.05) is 15.8 Å². The Morgan fingerprint density at radius 2 is 1.57 bits per heavy atom. The molecule has 2 aromatic rings. The molecule has 122 valence electrons. The normalized spacial score (nSPS) is 14.4. The summed E-state index contributed by atoms with van der Waals surface area (Å²) in [5.74, 6) is 0.129. The maximum Gasteiger partial charge on any atom is 0.232 e. The fourth-order valence-corrected chi connectivity index (χ4v) is 3.56. The topological polar surface area (TPSA) is 58.2 Å². The van der Waals surface area contributed by atoms with E-state index in [2.05, 4.69) is 10.0 Å². The van der Waals surface area contributed by atoms with Crippen LogP contribution in [0, 0.1) is 0 Å². The van der Waals surface area contributed by atoms with E-state index in [0.29, 0.717) is 18.2 Å². The van der Waals surface area contributed by atoms with E-state index in [4.69, 9.17) is 0 Å². The van der Waals surface area contributed by atoms with Gasteiger partial charge < -0.3 is 5.32 Å². The van der Waals surface area contributed by atoms with Gasteiger partial charge in [-0.3, -0.25) is 4.72 Å². The number of hydrogen-bond acceptors (Lipinski definition) is 3. The molecule has 0 aliphatic heterocycles. The molecule has 1 aliphatic carbocycles. The van der Waals surface area contributed by atoms with Crippen LogP contribution in [0.5, 0.6) is 0 Å². The van der Waals surface area contributed by atoms with Gasteiger partial charge in [-0.15, -0.1) is 0 Å². The van der Waals surface area contributed by atoms with Crippen LogP contribution in [0.25, 0.3) is 0 Å². The average Bonchev–Trinajstić information content (AvgIpc) is 3.34. The maximum absolute atomic E-state index is 12.1. The summed E-state index contributed by atoms with van der Waals surface area (Å²) < 4.78 is 26.9. The highest BCUT2D eigenvalue weighted by molar-refractivity contribution is 7.92. The van der Waals surface area contributed by atoms with Crippen molar-refractivity contribution in [1.82, 2.24) is 0 Å². The zero-order valence-electron chi connectivity index (χ0n) is 13.0.